The van der Waals surface area contributed by atoms with Crippen LogP contribution < -0.4 is 10.1 Å². The number of amides is 1. The Morgan fingerprint density at radius 3 is 2.75 bits per heavy atom. The van der Waals surface area contributed by atoms with Crippen molar-refractivity contribution < 1.29 is 9.53 Å². The summed E-state index contributed by atoms with van der Waals surface area (Å²) in [6.45, 7) is 0. The molecule has 0 spiro atoms. The summed E-state index contributed by atoms with van der Waals surface area (Å²) < 4.78 is 5.89. The van der Waals surface area contributed by atoms with Crippen molar-refractivity contribution >= 4 is 33.6 Å². The van der Waals surface area contributed by atoms with Gasteiger partial charge in [0.05, 0.1) is 19.0 Å². The van der Waals surface area contributed by atoms with Gasteiger partial charge in [-0.2, -0.15) is 0 Å². The highest BCUT2D eigenvalue weighted by Crippen LogP contribution is 2.17. The summed E-state index contributed by atoms with van der Waals surface area (Å²) in [6, 6.07) is 11.1. The van der Waals surface area contributed by atoms with Crippen molar-refractivity contribution in [2.24, 2.45) is 0 Å². The van der Waals surface area contributed by atoms with E-state index in [2.05, 4.69) is 26.2 Å². The van der Waals surface area contributed by atoms with Gasteiger partial charge in [-0.15, -0.1) is 0 Å². The van der Waals surface area contributed by atoms with E-state index >= 15 is 0 Å². The van der Waals surface area contributed by atoms with Crippen molar-refractivity contribution in [1.82, 2.24) is 4.98 Å². The van der Waals surface area contributed by atoms with Gasteiger partial charge < -0.3 is 10.1 Å². The monoisotopic (exact) mass is 332 g/mol. The van der Waals surface area contributed by atoms with Crippen LogP contribution in [-0.2, 0) is 4.79 Å². The van der Waals surface area contributed by atoms with Gasteiger partial charge in [0.2, 0.25) is 11.8 Å². The first-order valence-electron chi connectivity index (χ1n) is 5.92. The molecule has 1 aromatic carbocycles. The molecule has 5 heteroatoms. The standard InChI is InChI=1S/C15H13BrN2O2/c1-20-15-9-7-12(10-17-15)18-14(19)8-6-11-4-2-3-5-13(11)16/h2-10H,1H3,(H,18,19). The third-order valence-electron chi connectivity index (χ3n) is 2.53. The minimum atomic E-state index is -0.215. The molecule has 0 aliphatic rings. The summed E-state index contributed by atoms with van der Waals surface area (Å²) in [7, 11) is 1.54. The number of ether oxygens (including phenoxy) is 1. The van der Waals surface area contributed by atoms with Crippen LogP contribution in [0.15, 0.2) is 53.1 Å². The summed E-state index contributed by atoms with van der Waals surface area (Å²) in [5.74, 6) is 0.291. The van der Waals surface area contributed by atoms with Crippen LogP contribution in [0, 0.1) is 0 Å². The summed E-state index contributed by atoms with van der Waals surface area (Å²) in [5, 5.41) is 2.72. The lowest BCUT2D eigenvalue weighted by atomic mass is 10.2. The number of benzene rings is 1. The number of aromatic nitrogens is 1. The zero-order chi connectivity index (χ0) is 14.4. The highest BCUT2D eigenvalue weighted by Gasteiger charge is 2.00. The van der Waals surface area contributed by atoms with E-state index < -0.39 is 0 Å². The van der Waals surface area contributed by atoms with E-state index in [1.54, 1.807) is 31.5 Å². The molecule has 0 atom stereocenters. The second kappa shape index (κ2) is 6.86. The molecule has 0 fully saturated rings. The molecule has 0 aliphatic heterocycles. The van der Waals surface area contributed by atoms with Gasteiger partial charge in [0.15, 0.2) is 0 Å². The van der Waals surface area contributed by atoms with E-state index in [4.69, 9.17) is 4.74 Å². The molecule has 0 unspecified atom stereocenters. The predicted octanol–water partition coefficient (Wildman–Crippen LogP) is 3.50. The smallest absolute Gasteiger partial charge is 0.248 e. The summed E-state index contributed by atoms with van der Waals surface area (Å²) in [5.41, 5.74) is 1.56. The van der Waals surface area contributed by atoms with Crippen molar-refractivity contribution in [3.63, 3.8) is 0 Å². The first-order chi connectivity index (χ1) is 9.69. The van der Waals surface area contributed by atoms with Crippen molar-refractivity contribution in [3.8, 4) is 5.88 Å². The highest BCUT2D eigenvalue weighted by molar-refractivity contribution is 9.10. The van der Waals surface area contributed by atoms with Crippen LogP contribution in [0.3, 0.4) is 0 Å². The Kier molecular flexibility index (Phi) is 4.90. The van der Waals surface area contributed by atoms with Gasteiger partial charge in [0.25, 0.3) is 0 Å². The molecule has 1 aromatic heterocycles. The lowest BCUT2D eigenvalue weighted by Crippen LogP contribution is -2.07. The number of methoxy groups -OCH3 is 1. The number of anilines is 1. The topological polar surface area (TPSA) is 51.2 Å². The minimum Gasteiger partial charge on any atom is -0.481 e. The van der Waals surface area contributed by atoms with Gasteiger partial charge in [0.1, 0.15) is 0 Å². The van der Waals surface area contributed by atoms with Crippen LogP contribution in [0.1, 0.15) is 5.56 Å². The van der Waals surface area contributed by atoms with Crippen LogP contribution in [0.25, 0.3) is 6.08 Å². The number of carbonyl (C=O) groups excluding carboxylic acids is 1. The molecule has 4 nitrogen and oxygen atoms in total. The van der Waals surface area contributed by atoms with E-state index in [1.807, 2.05) is 24.3 Å². The molecule has 2 rings (SSSR count). The fourth-order valence-electron chi connectivity index (χ4n) is 1.53. The van der Waals surface area contributed by atoms with Gasteiger partial charge >= 0.3 is 0 Å². The first kappa shape index (κ1) is 14.3. The van der Waals surface area contributed by atoms with E-state index in [0.29, 0.717) is 11.6 Å². The van der Waals surface area contributed by atoms with Crippen LogP contribution in [0.4, 0.5) is 5.69 Å². The Morgan fingerprint density at radius 2 is 2.10 bits per heavy atom. The highest BCUT2D eigenvalue weighted by atomic mass is 79.9. The maximum atomic E-state index is 11.8. The summed E-state index contributed by atoms with van der Waals surface area (Å²) in [6.07, 6.45) is 4.77. The number of nitrogens with zero attached hydrogens (tertiary/aromatic N) is 1. The fraction of sp³-hybridized carbons (Fsp3) is 0.0667. The maximum absolute atomic E-state index is 11.8. The first-order valence-corrected chi connectivity index (χ1v) is 6.72. The van der Waals surface area contributed by atoms with Crippen molar-refractivity contribution in [3.05, 3.63) is 58.7 Å². The molecule has 20 heavy (non-hydrogen) atoms. The van der Waals surface area contributed by atoms with E-state index in [0.717, 1.165) is 10.0 Å². The quantitative estimate of drug-likeness (QED) is 0.871. The molecule has 102 valence electrons. The number of rotatable bonds is 4. The minimum absolute atomic E-state index is 0.215. The van der Waals surface area contributed by atoms with Crippen molar-refractivity contribution in [2.45, 2.75) is 0 Å². The molecule has 0 radical (unpaired) electrons. The van der Waals surface area contributed by atoms with Crippen LogP contribution >= 0.6 is 15.9 Å². The largest absolute Gasteiger partial charge is 0.481 e. The van der Waals surface area contributed by atoms with Gasteiger partial charge in [0, 0.05) is 16.6 Å². The Bertz CT molecular complexity index is 624. The average Bonchev–Trinajstić information content (AvgIpc) is 2.47. The van der Waals surface area contributed by atoms with Crippen LogP contribution in [0.5, 0.6) is 5.88 Å². The molecule has 1 amide bonds. The molecule has 0 saturated heterocycles. The average molecular weight is 333 g/mol. The predicted molar refractivity (Wildman–Crippen MR) is 82.6 cm³/mol. The Morgan fingerprint density at radius 1 is 1.30 bits per heavy atom. The van der Waals surface area contributed by atoms with Crippen molar-refractivity contribution in [2.75, 3.05) is 12.4 Å². The molecule has 1 heterocycles. The van der Waals surface area contributed by atoms with E-state index in [1.165, 1.54) is 6.08 Å². The number of hydrogen-bond donors (Lipinski definition) is 1. The number of hydrogen-bond acceptors (Lipinski definition) is 3. The Hall–Kier alpha value is -2.14. The van der Waals surface area contributed by atoms with Crippen molar-refractivity contribution in [1.29, 1.82) is 0 Å². The third kappa shape index (κ3) is 3.93. The Balaban J connectivity index is 2.00. The lowest BCUT2D eigenvalue weighted by molar-refractivity contribution is -0.111. The molecular formula is C15H13BrN2O2. The second-order valence-electron chi connectivity index (χ2n) is 3.93. The molecule has 2 aromatic rings. The molecular weight excluding hydrogens is 320 g/mol. The van der Waals surface area contributed by atoms with Gasteiger partial charge in [-0.3, -0.25) is 4.79 Å². The van der Waals surface area contributed by atoms with Crippen LogP contribution in [0.2, 0.25) is 0 Å². The molecule has 0 aliphatic carbocycles. The van der Waals surface area contributed by atoms with E-state index in [-0.39, 0.29) is 5.91 Å². The van der Waals surface area contributed by atoms with Gasteiger partial charge in [-0.25, -0.2) is 4.98 Å². The number of carbonyl (C=O) groups is 1. The van der Waals surface area contributed by atoms with Gasteiger partial charge in [-0.05, 0) is 23.8 Å². The maximum Gasteiger partial charge on any atom is 0.248 e. The Labute approximate surface area is 125 Å². The second-order valence-corrected chi connectivity index (χ2v) is 4.79. The molecule has 0 saturated carbocycles. The normalized spacial score (nSPS) is 10.5. The van der Waals surface area contributed by atoms with Gasteiger partial charge in [-0.1, -0.05) is 34.1 Å². The molecule has 1 N–H and O–H groups in total. The number of pyridine rings is 1. The number of halogens is 1. The van der Waals surface area contributed by atoms with Crippen LogP contribution in [-0.4, -0.2) is 18.0 Å². The zero-order valence-corrected chi connectivity index (χ0v) is 12.4. The van der Waals surface area contributed by atoms with E-state index in [9.17, 15) is 4.79 Å². The fourth-order valence-corrected chi connectivity index (χ4v) is 1.95. The third-order valence-corrected chi connectivity index (χ3v) is 3.25. The zero-order valence-electron chi connectivity index (χ0n) is 10.8. The summed E-state index contributed by atoms with van der Waals surface area (Å²) >= 11 is 3.42. The SMILES string of the molecule is COc1ccc(NC(=O)C=Cc2ccccc2Br)cn1. The lowest BCUT2D eigenvalue weighted by Gasteiger charge is -2.03. The molecule has 0 bridgehead atoms. The number of nitrogens with one attached hydrogen (secondary N) is 1. The summed E-state index contributed by atoms with van der Waals surface area (Å²) in [4.78, 5) is 15.8.